The minimum atomic E-state index is -4.33. The van der Waals surface area contributed by atoms with Crippen molar-refractivity contribution in [2.75, 3.05) is 6.54 Å². The maximum Gasteiger partial charge on any atom is 0.390 e. The van der Waals surface area contributed by atoms with Gasteiger partial charge in [-0.3, -0.25) is 9.59 Å². The monoisotopic (exact) mass is 306 g/mol. The average molecular weight is 306 g/mol. The van der Waals surface area contributed by atoms with Gasteiger partial charge in [-0.2, -0.15) is 13.2 Å². The summed E-state index contributed by atoms with van der Waals surface area (Å²) in [5.74, 6) is -0.815. The molecule has 1 aliphatic heterocycles. The SMILES string of the molecule is CC(C)C1NC(=O)C2(CCCC2)N(CCC(F)(F)F)C1=O. The second kappa shape index (κ2) is 5.50. The highest BCUT2D eigenvalue weighted by Gasteiger charge is 2.54. The van der Waals surface area contributed by atoms with E-state index in [0.29, 0.717) is 12.8 Å². The number of amides is 2. The van der Waals surface area contributed by atoms with Crippen molar-refractivity contribution in [1.82, 2.24) is 10.2 Å². The highest BCUT2D eigenvalue weighted by Crippen LogP contribution is 2.39. The smallest absolute Gasteiger partial charge is 0.342 e. The van der Waals surface area contributed by atoms with Crippen molar-refractivity contribution in [2.45, 2.75) is 63.7 Å². The third-order valence-electron chi connectivity index (χ3n) is 4.47. The summed E-state index contributed by atoms with van der Waals surface area (Å²) in [5.41, 5.74) is -1.06. The Morgan fingerprint density at radius 3 is 2.33 bits per heavy atom. The number of hydrogen-bond donors (Lipinski definition) is 1. The van der Waals surface area contributed by atoms with E-state index < -0.39 is 30.7 Å². The molecule has 1 saturated carbocycles. The molecule has 0 aromatic heterocycles. The van der Waals surface area contributed by atoms with Crippen LogP contribution >= 0.6 is 0 Å². The number of hydrogen-bond acceptors (Lipinski definition) is 2. The molecular weight excluding hydrogens is 285 g/mol. The summed E-state index contributed by atoms with van der Waals surface area (Å²) in [6, 6.07) is -0.725. The molecule has 2 rings (SSSR count). The van der Waals surface area contributed by atoms with E-state index in [-0.39, 0.29) is 17.7 Å². The molecule has 1 heterocycles. The first-order chi connectivity index (χ1) is 9.67. The maximum atomic E-state index is 12.5. The molecule has 120 valence electrons. The maximum absolute atomic E-state index is 12.5. The first-order valence-electron chi connectivity index (χ1n) is 7.36. The number of carbonyl (C=O) groups excluding carboxylic acids is 2. The van der Waals surface area contributed by atoms with E-state index in [4.69, 9.17) is 0 Å². The van der Waals surface area contributed by atoms with Crippen LogP contribution in [0.15, 0.2) is 0 Å². The quantitative estimate of drug-likeness (QED) is 0.869. The van der Waals surface area contributed by atoms with Crippen LogP contribution in [0.5, 0.6) is 0 Å². The predicted molar refractivity (Wildman–Crippen MR) is 70.4 cm³/mol. The molecule has 2 amide bonds. The van der Waals surface area contributed by atoms with E-state index in [1.165, 1.54) is 4.90 Å². The van der Waals surface area contributed by atoms with Crippen LogP contribution in [0, 0.1) is 5.92 Å². The summed E-state index contributed by atoms with van der Waals surface area (Å²) >= 11 is 0. The lowest BCUT2D eigenvalue weighted by molar-refractivity contribution is -0.166. The van der Waals surface area contributed by atoms with Gasteiger partial charge < -0.3 is 10.2 Å². The number of nitrogens with zero attached hydrogens (tertiary/aromatic N) is 1. The Bertz CT molecular complexity index is 428. The van der Waals surface area contributed by atoms with Crippen molar-refractivity contribution >= 4 is 11.8 Å². The number of alkyl halides is 3. The standard InChI is InChI=1S/C14H21F3N2O2/c1-9(2)10-11(20)19(8-7-14(15,16)17)13(12(21)18-10)5-3-4-6-13/h9-10H,3-8H2,1-2H3,(H,18,21). The Labute approximate surface area is 122 Å². The van der Waals surface area contributed by atoms with Gasteiger partial charge in [-0.15, -0.1) is 0 Å². The molecule has 4 nitrogen and oxygen atoms in total. The highest BCUT2D eigenvalue weighted by atomic mass is 19.4. The highest BCUT2D eigenvalue weighted by molar-refractivity contribution is 6.00. The normalized spacial score (nSPS) is 25.8. The van der Waals surface area contributed by atoms with Gasteiger partial charge in [-0.25, -0.2) is 0 Å². The van der Waals surface area contributed by atoms with E-state index in [0.717, 1.165) is 12.8 Å². The van der Waals surface area contributed by atoms with E-state index in [1.54, 1.807) is 13.8 Å². The molecule has 0 radical (unpaired) electrons. The number of carbonyl (C=O) groups is 2. The topological polar surface area (TPSA) is 49.4 Å². The Balaban J connectivity index is 2.27. The van der Waals surface area contributed by atoms with Crippen LogP contribution in [0.3, 0.4) is 0 Å². The number of nitrogens with one attached hydrogen (secondary N) is 1. The summed E-state index contributed by atoms with van der Waals surface area (Å²) in [6.07, 6.45) is -2.98. The minimum absolute atomic E-state index is 0.145. The van der Waals surface area contributed by atoms with E-state index in [1.807, 2.05) is 0 Å². The molecule has 1 saturated heterocycles. The van der Waals surface area contributed by atoms with Crippen molar-refractivity contribution in [3.8, 4) is 0 Å². The first kappa shape index (κ1) is 16.1. The first-order valence-corrected chi connectivity index (χ1v) is 7.36. The third-order valence-corrected chi connectivity index (χ3v) is 4.47. The Morgan fingerprint density at radius 1 is 1.29 bits per heavy atom. The molecule has 2 aliphatic rings. The lowest BCUT2D eigenvalue weighted by Gasteiger charge is -2.47. The Hall–Kier alpha value is -1.27. The van der Waals surface area contributed by atoms with Crippen molar-refractivity contribution < 1.29 is 22.8 Å². The molecule has 0 aromatic carbocycles. The zero-order valence-corrected chi connectivity index (χ0v) is 12.3. The summed E-state index contributed by atoms with van der Waals surface area (Å²) in [7, 11) is 0. The van der Waals surface area contributed by atoms with Crippen LogP contribution in [0.25, 0.3) is 0 Å². The predicted octanol–water partition coefficient (Wildman–Crippen LogP) is 2.23. The van der Waals surface area contributed by atoms with Crippen LogP contribution in [-0.2, 0) is 9.59 Å². The molecule has 7 heteroatoms. The largest absolute Gasteiger partial charge is 0.390 e. The lowest BCUT2D eigenvalue weighted by atomic mass is 9.86. The van der Waals surface area contributed by atoms with Crippen LogP contribution in [0.2, 0.25) is 0 Å². The lowest BCUT2D eigenvalue weighted by Crippen LogP contribution is -2.71. The molecular formula is C14H21F3N2O2. The van der Waals surface area contributed by atoms with Gasteiger partial charge in [0.05, 0.1) is 6.42 Å². The van der Waals surface area contributed by atoms with Crippen molar-refractivity contribution in [3.05, 3.63) is 0 Å². The summed E-state index contributed by atoms with van der Waals surface area (Å²) in [6.45, 7) is 3.12. The fourth-order valence-electron chi connectivity index (χ4n) is 3.31. The summed E-state index contributed by atoms with van der Waals surface area (Å²) in [4.78, 5) is 26.2. The zero-order valence-electron chi connectivity index (χ0n) is 12.3. The molecule has 1 spiro atoms. The fourth-order valence-corrected chi connectivity index (χ4v) is 3.31. The Morgan fingerprint density at radius 2 is 1.86 bits per heavy atom. The molecule has 1 atom stereocenters. The van der Waals surface area contributed by atoms with Gasteiger partial charge in [-0.1, -0.05) is 26.7 Å². The van der Waals surface area contributed by atoms with Crippen molar-refractivity contribution in [3.63, 3.8) is 0 Å². The second-order valence-corrected chi connectivity index (χ2v) is 6.29. The van der Waals surface area contributed by atoms with E-state index in [9.17, 15) is 22.8 Å². The molecule has 2 fully saturated rings. The van der Waals surface area contributed by atoms with E-state index in [2.05, 4.69) is 5.32 Å². The molecule has 1 aliphatic carbocycles. The van der Waals surface area contributed by atoms with Gasteiger partial charge >= 0.3 is 6.18 Å². The van der Waals surface area contributed by atoms with Gasteiger partial charge in [0.1, 0.15) is 11.6 Å². The number of piperazine rings is 1. The average Bonchev–Trinajstić information content (AvgIpc) is 2.82. The zero-order chi connectivity index (χ0) is 15.8. The second-order valence-electron chi connectivity index (χ2n) is 6.29. The molecule has 21 heavy (non-hydrogen) atoms. The molecule has 1 unspecified atom stereocenters. The van der Waals surface area contributed by atoms with Gasteiger partial charge in [-0.05, 0) is 18.8 Å². The van der Waals surface area contributed by atoms with Crippen molar-refractivity contribution in [1.29, 1.82) is 0 Å². The Kier molecular flexibility index (Phi) is 4.22. The van der Waals surface area contributed by atoms with Crippen LogP contribution in [0.1, 0.15) is 46.0 Å². The number of halogens is 3. The molecule has 0 aromatic rings. The van der Waals surface area contributed by atoms with Crippen LogP contribution < -0.4 is 5.32 Å². The third kappa shape index (κ3) is 3.01. The van der Waals surface area contributed by atoms with Crippen LogP contribution in [0.4, 0.5) is 13.2 Å². The van der Waals surface area contributed by atoms with Gasteiger partial charge in [0.15, 0.2) is 0 Å². The molecule has 1 N–H and O–H groups in total. The van der Waals surface area contributed by atoms with Gasteiger partial charge in [0.2, 0.25) is 11.8 Å². The van der Waals surface area contributed by atoms with Gasteiger partial charge in [0.25, 0.3) is 0 Å². The van der Waals surface area contributed by atoms with Gasteiger partial charge in [0, 0.05) is 6.54 Å². The molecule has 0 bridgehead atoms. The van der Waals surface area contributed by atoms with E-state index >= 15 is 0 Å². The minimum Gasteiger partial charge on any atom is -0.342 e. The summed E-state index contributed by atoms with van der Waals surface area (Å²) < 4.78 is 37.6. The summed E-state index contributed by atoms with van der Waals surface area (Å²) in [5, 5.41) is 2.71. The van der Waals surface area contributed by atoms with Crippen LogP contribution in [-0.4, -0.2) is 41.0 Å². The van der Waals surface area contributed by atoms with Crippen molar-refractivity contribution in [2.24, 2.45) is 5.92 Å². The fraction of sp³-hybridized carbons (Fsp3) is 0.857. The number of rotatable bonds is 3.